The summed E-state index contributed by atoms with van der Waals surface area (Å²) in [5.74, 6) is 7.35. The van der Waals surface area contributed by atoms with E-state index in [0.717, 1.165) is 30.2 Å². The summed E-state index contributed by atoms with van der Waals surface area (Å²) in [7, 11) is 1.48. The van der Waals surface area contributed by atoms with Gasteiger partial charge in [-0.2, -0.15) is 0 Å². The maximum atomic E-state index is 10.8. The van der Waals surface area contributed by atoms with Gasteiger partial charge in [0.05, 0.1) is 31.6 Å². The first-order valence-corrected chi connectivity index (χ1v) is 9.68. The highest BCUT2D eigenvalue weighted by Gasteiger charge is 2.17. The van der Waals surface area contributed by atoms with Crippen molar-refractivity contribution in [3.05, 3.63) is 41.0 Å². The quantitative estimate of drug-likeness (QED) is 0.562. The minimum Gasteiger partial charge on any atom is -0.760 e. The van der Waals surface area contributed by atoms with Crippen LogP contribution in [0.4, 0.5) is 5.82 Å². The SMILES string of the molecule is COc1ncc(C#Cc2c(C)ncnc2N2CCOCC2)cc1CNS(=O)[O-]. The molecule has 0 aromatic carbocycles. The van der Waals surface area contributed by atoms with Gasteiger partial charge in [-0.25, -0.2) is 19.7 Å². The van der Waals surface area contributed by atoms with Crippen molar-refractivity contribution < 1.29 is 18.2 Å². The molecule has 1 N–H and O–H groups in total. The van der Waals surface area contributed by atoms with E-state index >= 15 is 0 Å². The molecule has 3 heterocycles. The number of nitrogens with one attached hydrogen (secondary N) is 1. The van der Waals surface area contributed by atoms with Gasteiger partial charge >= 0.3 is 0 Å². The molecule has 0 radical (unpaired) electrons. The lowest BCUT2D eigenvalue weighted by atomic mass is 10.1. The Kier molecular flexibility index (Phi) is 6.89. The summed E-state index contributed by atoms with van der Waals surface area (Å²) in [5, 5.41) is 0. The van der Waals surface area contributed by atoms with Crippen LogP contribution in [0.1, 0.15) is 22.4 Å². The molecule has 2 aromatic rings. The molecule has 10 heteroatoms. The number of anilines is 1. The lowest BCUT2D eigenvalue weighted by molar-refractivity contribution is 0.122. The summed E-state index contributed by atoms with van der Waals surface area (Å²) in [4.78, 5) is 15.0. The van der Waals surface area contributed by atoms with Gasteiger partial charge in [0.2, 0.25) is 5.88 Å². The van der Waals surface area contributed by atoms with Crippen LogP contribution >= 0.6 is 0 Å². The van der Waals surface area contributed by atoms with Gasteiger partial charge in [-0.3, -0.25) is 4.21 Å². The zero-order valence-electron chi connectivity index (χ0n) is 15.6. The molecule has 2 aromatic heterocycles. The Labute approximate surface area is 165 Å². The highest BCUT2D eigenvalue weighted by molar-refractivity contribution is 7.77. The van der Waals surface area contributed by atoms with Gasteiger partial charge in [0.25, 0.3) is 0 Å². The lowest BCUT2D eigenvalue weighted by Crippen LogP contribution is -2.37. The van der Waals surface area contributed by atoms with Crippen molar-refractivity contribution in [2.75, 3.05) is 38.3 Å². The van der Waals surface area contributed by atoms with E-state index < -0.39 is 11.3 Å². The van der Waals surface area contributed by atoms with Crippen molar-refractivity contribution in [1.29, 1.82) is 0 Å². The fourth-order valence-electron chi connectivity index (χ4n) is 2.77. The van der Waals surface area contributed by atoms with E-state index in [-0.39, 0.29) is 6.54 Å². The van der Waals surface area contributed by atoms with E-state index in [2.05, 4.69) is 36.4 Å². The molecule has 0 bridgehead atoms. The van der Waals surface area contributed by atoms with Crippen LogP contribution in [-0.2, 0) is 22.5 Å². The normalized spacial score (nSPS) is 14.9. The average molecular weight is 402 g/mol. The summed E-state index contributed by atoms with van der Waals surface area (Å²) in [6.07, 6.45) is 3.12. The fourth-order valence-corrected chi connectivity index (χ4v) is 3.04. The van der Waals surface area contributed by atoms with Crippen LogP contribution in [0.15, 0.2) is 18.6 Å². The van der Waals surface area contributed by atoms with Crippen LogP contribution in [0, 0.1) is 18.8 Å². The number of nitrogens with zero attached hydrogens (tertiary/aromatic N) is 4. The molecule has 9 nitrogen and oxygen atoms in total. The number of pyridine rings is 1. The fraction of sp³-hybridized carbons (Fsp3) is 0.389. The Morgan fingerprint density at radius 3 is 2.82 bits per heavy atom. The molecule has 1 atom stereocenters. The predicted molar refractivity (Wildman–Crippen MR) is 102 cm³/mol. The van der Waals surface area contributed by atoms with Crippen molar-refractivity contribution in [3.63, 3.8) is 0 Å². The van der Waals surface area contributed by atoms with Gasteiger partial charge in [-0.15, -0.1) is 0 Å². The summed E-state index contributed by atoms with van der Waals surface area (Å²) < 4.78 is 34.4. The topological polar surface area (TPSA) is 113 Å². The molecule has 1 aliphatic heterocycles. The van der Waals surface area contributed by atoms with Crippen molar-refractivity contribution in [2.24, 2.45) is 0 Å². The summed E-state index contributed by atoms with van der Waals surface area (Å²) in [6.45, 7) is 4.75. The molecule has 1 unspecified atom stereocenters. The first kappa shape index (κ1) is 20.2. The van der Waals surface area contributed by atoms with Crippen molar-refractivity contribution in [3.8, 4) is 17.7 Å². The smallest absolute Gasteiger partial charge is 0.217 e. The third-order valence-electron chi connectivity index (χ3n) is 4.16. The Morgan fingerprint density at radius 1 is 1.32 bits per heavy atom. The first-order chi connectivity index (χ1) is 13.6. The highest BCUT2D eigenvalue weighted by Crippen LogP contribution is 2.20. The number of aromatic nitrogens is 3. The highest BCUT2D eigenvalue weighted by atomic mass is 32.2. The van der Waals surface area contributed by atoms with Crippen molar-refractivity contribution in [1.82, 2.24) is 19.7 Å². The Balaban J connectivity index is 1.91. The van der Waals surface area contributed by atoms with E-state index in [1.54, 1.807) is 12.3 Å². The third-order valence-corrected chi connectivity index (χ3v) is 4.54. The molecule has 3 rings (SSSR count). The summed E-state index contributed by atoms with van der Waals surface area (Å²) in [6, 6.07) is 1.74. The monoisotopic (exact) mass is 402 g/mol. The van der Waals surface area contributed by atoms with Crippen molar-refractivity contribution in [2.45, 2.75) is 13.5 Å². The van der Waals surface area contributed by atoms with Gasteiger partial charge in [-0.05, 0) is 13.0 Å². The Morgan fingerprint density at radius 2 is 2.11 bits per heavy atom. The molecule has 1 saturated heterocycles. The van der Waals surface area contributed by atoms with Crippen LogP contribution in [0.2, 0.25) is 0 Å². The molecular formula is C18H20N5O4S-. The number of hydrogen-bond donors (Lipinski definition) is 1. The number of aryl methyl sites for hydroxylation is 1. The summed E-state index contributed by atoms with van der Waals surface area (Å²) >= 11 is -2.38. The standard InChI is InChI=1S/C18H21N5O4S/c1-13-16(17(21-12-20-13)23-5-7-27-8-6-23)4-3-14-9-15(11-22-28(24)25)18(26-2)19-10-14/h9-10,12,22H,5-8,11H2,1-2H3,(H,24,25)/p-1. The molecule has 148 valence electrons. The van der Waals surface area contributed by atoms with E-state index in [0.29, 0.717) is 30.2 Å². The zero-order chi connectivity index (χ0) is 19.9. The molecule has 0 amide bonds. The first-order valence-electron chi connectivity index (χ1n) is 8.60. The number of morpholine rings is 1. The number of methoxy groups -OCH3 is 1. The second-order valence-corrected chi connectivity index (χ2v) is 6.71. The van der Waals surface area contributed by atoms with Gasteiger partial charge < -0.3 is 18.9 Å². The second-order valence-electron chi connectivity index (χ2n) is 5.96. The van der Waals surface area contributed by atoms with E-state index in [1.807, 2.05) is 6.92 Å². The zero-order valence-corrected chi connectivity index (χ0v) is 16.4. The van der Waals surface area contributed by atoms with E-state index in [1.165, 1.54) is 13.4 Å². The number of hydrogen-bond acceptors (Lipinski definition) is 8. The van der Waals surface area contributed by atoms with Gasteiger partial charge in [0.15, 0.2) is 0 Å². The maximum Gasteiger partial charge on any atom is 0.217 e. The van der Waals surface area contributed by atoms with Crippen LogP contribution in [0.5, 0.6) is 5.88 Å². The minimum absolute atomic E-state index is 0.0638. The van der Waals surface area contributed by atoms with Crippen LogP contribution in [0.25, 0.3) is 0 Å². The maximum absolute atomic E-state index is 10.8. The molecule has 1 fully saturated rings. The third kappa shape index (κ3) is 5.02. The minimum atomic E-state index is -2.38. The average Bonchev–Trinajstić information content (AvgIpc) is 2.72. The molecule has 28 heavy (non-hydrogen) atoms. The number of ether oxygens (including phenoxy) is 2. The Bertz CT molecular complexity index is 922. The van der Waals surface area contributed by atoms with Gasteiger partial charge in [0, 0.05) is 48.2 Å². The largest absolute Gasteiger partial charge is 0.760 e. The molecule has 1 aliphatic rings. The molecule has 0 aliphatic carbocycles. The van der Waals surface area contributed by atoms with Gasteiger partial charge in [-0.1, -0.05) is 11.8 Å². The molecule has 0 spiro atoms. The molecule has 0 saturated carbocycles. The van der Waals surface area contributed by atoms with Crippen LogP contribution < -0.4 is 14.4 Å². The van der Waals surface area contributed by atoms with Gasteiger partial charge in [0.1, 0.15) is 12.1 Å². The lowest BCUT2D eigenvalue weighted by Gasteiger charge is -2.28. The van der Waals surface area contributed by atoms with Crippen LogP contribution in [-0.4, -0.2) is 57.1 Å². The Hall–Kier alpha value is -2.58. The predicted octanol–water partition coefficient (Wildman–Crippen LogP) is 0.309. The van der Waals surface area contributed by atoms with Crippen LogP contribution in [0.3, 0.4) is 0 Å². The van der Waals surface area contributed by atoms with Crippen molar-refractivity contribution >= 4 is 17.1 Å². The summed E-state index contributed by atoms with van der Waals surface area (Å²) in [5.41, 5.74) is 2.76. The second kappa shape index (κ2) is 9.57. The van der Waals surface area contributed by atoms with E-state index in [9.17, 15) is 8.76 Å². The van der Waals surface area contributed by atoms with E-state index in [4.69, 9.17) is 9.47 Å². The molecular weight excluding hydrogens is 382 g/mol. The number of rotatable bonds is 5.